The van der Waals surface area contributed by atoms with Gasteiger partial charge in [0.2, 0.25) is 0 Å². The van der Waals surface area contributed by atoms with Crippen molar-refractivity contribution in [3.63, 3.8) is 0 Å². The number of nitrogen functional groups attached to an aromatic ring is 1. The quantitative estimate of drug-likeness (QED) is 0.572. The van der Waals surface area contributed by atoms with Gasteiger partial charge in [0.05, 0.1) is 23.0 Å². The van der Waals surface area contributed by atoms with Crippen LogP contribution in [-0.2, 0) is 6.42 Å². The van der Waals surface area contributed by atoms with Crippen LogP contribution in [0.5, 0.6) is 0 Å². The molecule has 1 unspecified atom stereocenters. The fourth-order valence-electron chi connectivity index (χ4n) is 3.68. The Balaban J connectivity index is 1.63. The van der Waals surface area contributed by atoms with Gasteiger partial charge in [-0.1, -0.05) is 12.1 Å². The molecule has 4 N–H and O–H groups in total. The summed E-state index contributed by atoms with van der Waals surface area (Å²) in [6, 6.07) is 6.05. The van der Waals surface area contributed by atoms with Gasteiger partial charge < -0.3 is 16.5 Å². The lowest BCUT2D eigenvalue weighted by Crippen LogP contribution is -2.31. The molecule has 1 atom stereocenters. The average Bonchev–Trinajstić information content (AvgIpc) is 3.06. The van der Waals surface area contributed by atoms with Crippen molar-refractivity contribution in [3.05, 3.63) is 56.8 Å². The van der Waals surface area contributed by atoms with E-state index in [4.69, 9.17) is 11.1 Å². The Morgan fingerprint density at radius 3 is 2.90 bits per heavy atom. The molecule has 1 aliphatic carbocycles. The number of nitrogens with zero attached hydrogens (tertiary/aromatic N) is 3. The Bertz CT molecular complexity index is 1090. The maximum atomic E-state index is 12.7. The first-order valence-corrected chi connectivity index (χ1v) is 10.3. The smallest absolute Gasteiger partial charge is 0.280 e. The van der Waals surface area contributed by atoms with Crippen molar-refractivity contribution in [1.29, 1.82) is 5.41 Å². The number of nitrogens with two attached hydrogens (primary N) is 1. The zero-order valence-electron chi connectivity index (χ0n) is 16.3. The Hall–Kier alpha value is -3.13. The molecule has 0 saturated heterocycles. The second-order valence-corrected chi connectivity index (χ2v) is 8.36. The zero-order chi connectivity index (χ0) is 20.5. The van der Waals surface area contributed by atoms with Crippen molar-refractivity contribution in [3.8, 4) is 11.3 Å². The van der Waals surface area contributed by atoms with Gasteiger partial charge in [0.25, 0.3) is 5.91 Å². The van der Waals surface area contributed by atoms with E-state index >= 15 is 0 Å². The number of benzene rings is 1. The number of carbonyl (C=O) groups is 1. The van der Waals surface area contributed by atoms with Crippen LogP contribution in [0.15, 0.2) is 24.5 Å². The van der Waals surface area contributed by atoms with E-state index in [2.05, 4.69) is 26.3 Å². The number of carbonyl (C=O) groups excluding carboxylic acids is 1. The van der Waals surface area contributed by atoms with Crippen LogP contribution in [0.1, 0.15) is 55.9 Å². The SMILES string of the molecule is Cc1nc(C(=O)NC2CCCc3cc(-c4ncnc(N)c4C=N)ccc32)sc1C. The van der Waals surface area contributed by atoms with Crippen molar-refractivity contribution in [2.75, 3.05) is 5.73 Å². The first-order valence-electron chi connectivity index (χ1n) is 9.47. The maximum absolute atomic E-state index is 12.7. The number of nitrogens with one attached hydrogen (secondary N) is 2. The van der Waals surface area contributed by atoms with Gasteiger partial charge >= 0.3 is 0 Å². The molecular weight excluding hydrogens is 384 g/mol. The maximum Gasteiger partial charge on any atom is 0.280 e. The largest absolute Gasteiger partial charge is 0.383 e. The molecule has 2 heterocycles. The lowest BCUT2D eigenvalue weighted by molar-refractivity contribution is 0.0932. The van der Waals surface area contributed by atoms with Crippen LogP contribution in [-0.4, -0.2) is 27.1 Å². The van der Waals surface area contributed by atoms with Crippen LogP contribution in [0.25, 0.3) is 11.3 Å². The van der Waals surface area contributed by atoms with Crippen molar-refractivity contribution in [2.45, 2.75) is 39.2 Å². The number of amides is 1. The molecule has 1 amide bonds. The van der Waals surface area contributed by atoms with E-state index in [-0.39, 0.29) is 11.9 Å². The van der Waals surface area contributed by atoms with E-state index in [0.29, 0.717) is 22.1 Å². The van der Waals surface area contributed by atoms with E-state index in [0.717, 1.165) is 41.0 Å². The Morgan fingerprint density at radius 1 is 1.34 bits per heavy atom. The number of aryl methyl sites for hydroxylation is 3. The number of aromatic nitrogens is 3. The van der Waals surface area contributed by atoms with E-state index < -0.39 is 0 Å². The molecule has 4 rings (SSSR count). The third-order valence-electron chi connectivity index (χ3n) is 5.32. The second kappa shape index (κ2) is 7.71. The summed E-state index contributed by atoms with van der Waals surface area (Å²) in [5.41, 5.74) is 11.2. The molecular formula is C21H22N6OS. The number of thiazole rings is 1. The number of hydrogen-bond acceptors (Lipinski definition) is 7. The van der Waals surface area contributed by atoms with Crippen LogP contribution in [0.4, 0.5) is 5.82 Å². The molecule has 0 saturated carbocycles. The summed E-state index contributed by atoms with van der Waals surface area (Å²) in [5, 5.41) is 11.3. The van der Waals surface area contributed by atoms with Crippen LogP contribution in [0, 0.1) is 19.3 Å². The van der Waals surface area contributed by atoms with Crippen molar-refractivity contribution < 1.29 is 4.79 Å². The first kappa shape index (κ1) is 19.2. The van der Waals surface area contributed by atoms with E-state index in [1.165, 1.54) is 29.4 Å². The zero-order valence-corrected chi connectivity index (χ0v) is 17.1. The summed E-state index contributed by atoms with van der Waals surface area (Å²) in [4.78, 5) is 26.4. The fraction of sp³-hybridized carbons (Fsp3) is 0.286. The minimum atomic E-state index is -0.122. The number of hydrogen-bond donors (Lipinski definition) is 3. The predicted octanol–water partition coefficient (Wildman–Crippen LogP) is 3.60. The van der Waals surface area contributed by atoms with Gasteiger partial charge in [0, 0.05) is 16.7 Å². The van der Waals surface area contributed by atoms with Gasteiger partial charge in [0.15, 0.2) is 5.01 Å². The molecule has 0 spiro atoms. The van der Waals surface area contributed by atoms with Gasteiger partial charge in [-0.2, -0.15) is 0 Å². The minimum Gasteiger partial charge on any atom is -0.383 e. The monoisotopic (exact) mass is 406 g/mol. The molecule has 3 aromatic rings. The standard InChI is InChI=1S/C21H22N6OS/c1-11-12(2)29-21(26-11)20(28)27-17-5-3-4-13-8-14(6-7-15(13)17)18-16(9-22)19(23)25-10-24-18/h6-10,17,22H,3-5H2,1-2H3,(H,27,28)(H2,23,24,25). The molecule has 2 aromatic heterocycles. The Kier molecular flexibility index (Phi) is 5.10. The van der Waals surface area contributed by atoms with Gasteiger partial charge in [-0.3, -0.25) is 4.79 Å². The average molecular weight is 407 g/mol. The first-order chi connectivity index (χ1) is 14.0. The fourth-order valence-corrected chi connectivity index (χ4v) is 4.50. The molecule has 8 heteroatoms. The summed E-state index contributed by atoms with van der Waals surface area (Å²) in [5.74, 6) is 0.171. The van der Waals surface area contributed by atoms with Crippen molar-refractivity contribution in [2.24, 2.45) is 0 Å². The van der Waals surface area contributed by atoms with Crippen LogP contribution in [0.2, 0.25) is 0 Å². The number of fused-ring (bicyclic) bond motifs is 1. The van der Waals surface area contributed by atoms with E-state index in [9.17, 15) is 4.79 Å². The molecule has 148 valence electrons. The van der Waals surface area contributed by atoms with Crippen molar-refractivity contribution in [1.82, 2.24) is 20.3 Å². The predicted molar refractivity (Wildman–Crippen MR) is 114 cm³/mol. The summed E-state index contributed by atoms with van der Waals surface area (Å²) >= 11 is 1.43. The van der Waals surface area contributed by atoms with E-state index in [1.807, 2.05) is 26.0 Å². The highest BCUT2D eigenvalue weighted by molar-refractivity contribution is 7.13. The van der Waals surface area contributed by atoms with E-state index in [1.54, 1.807) is 0 Å². The molecule has 1 aliphatic rings. The third kappa shape index (κ3) is 3.63. The molecule has 0 fully saturated rings. The van der Waals surface area contributed by atoms with Crippen LogP contribution >= 0.6 is 11.3 Å². The van der Waals surface area contributed by atoms with Crippen LogP contribution in [0.3, 0.4) is 0 Å². The van der Waals surface area contributed by atoms with Crippen LogP contribution < -0.4 is 11.1 Å². The molecule has 29 heavy (non-hydrogen) atoms. The van der Waals surface area contributed by atoms with Gasteiger partial charge in [-0.05, 0) is 50.3 Å². The highest BCUT2D eigenvalue weighted by Gasteiger charge is 2.24. The summed E-state index contributed by atoms with van der Waals surface area (Å²) in [6.07, 6.45) is 5.42. The molecule has 7 nitrogen and oxygen atoms in total. The Labute approximate surface area is 172 Å². The van der Waals surface area contributed by atoms with Gasteiger partial charge in [0.1, 0.15) is 12.1 Å². The summed E-state index contributed by atoms with van der Waals surface area (Å²) in [7, 11) is 0. The highest BCUT2D eigenvalue weighted by Crippen LogP contribution is 2.34. The van der Waals surface area contributed by atoms with Gasteiger partial charge in [-0.15, -0.1) is 11.3 Å². The second-order valence-electron chi connectivity index (χ2n) is 7.16. The lowest BCUT2D eigenvalue weighted by atomic mass is 9.86. The molecule has 0 bridgehead atoms. The summed E-state index contributed by atoms with van der Waals surface area (Å²) in [6.45, 7) is 3.89. The molecule has 0 aliphatic heterocycles. The third-order valence-corrected chi connectivity index (χ3v) is 6.39. The lowest BCUT2D eigenvalue weighted by Gasteiger charge is -2.26. The summed E-state index contributed by atoms with van der Waals surface area (Å²) < 4.78 is 0. The van der Waals surface area contributed by atoms with Gasteiger partial charge in [-0.25, -0.2) is 15.0 Å². The minimum absolute atomic E-state index is 0.0394. The highest BCUT2D eigenvalue weighted by atomic mass is 32.1. The number of rotatable bonds is 4. The number of anilines is 1. The van der Waals surface area contributed by atoms with Crippen molar-refractivity contribution >= 4 is 29.3 Å². The normalized spacial score (nSPS) is 15.6. The molecule has 0 radical (unpaired) electrons. The Morgan fingerprint density at radius 2 is 2.17 bits per heavy atom. The topological polar surface area (TPSA) is 118 Å². The molecule has 1 aromatic carbocycles.